The van der Waals surface area contributed by atoms with E-state index < -0.39 is 0 Å². The third-order valence-electron chi connectivity index (χ3n) is 2.56. The van der Waals surface area contributed by atoms with E-state index in [1.165, 1.54) is 6.33 Å². The smallest absolute Gasteiger partial charge is 0.254 e. The summed E-state index contributed by atoms with van der Waals surface area (Å²) in [4.78, 5) is 18.1. The zero-order valence-corrected chi connectivity index (χ0v) is 7.42. The summed E-state index contributed by atoms with van der Waals surface area (Å²) in [5, 5.41) is 0. The molecule has 4 nitrogen and oxygen atoms in total. The Balaban J connectivity index is 2.41. The van der Waals surface area contributed by atoms with Crippen molar-refractivity contribution in [3.05, 3.63) is 27.9 Å². The highest BCUT2D eigenvalue weighted by Crippen LogP contribution is 2.13. The molecular weight excluding hydrogens is 166 g/mol. The number of H-pyrrole nitrogens is 1. The van der Waals surface area contributed by atoms with Crippen molar-refractivity contribution >= 4 is 0 Å². The SMILES string of the molecule is NC1CCc2nc[nH]c(=O)c2CC1. The lowest BCUT2D eigenvalue weighted by Gasteiger charge is -2.03. The van der Waals surface area contributed by atoms with Gasteiger partial charge in [0.15, 0.2) is 0 Å². The van der Waals surface area contributed by atoms with Crippen molar-refractivity contribution in [2.45, 2.75) is 31.7 Å². The Morgan fingerprint density at radius 3 is 3.08 bits per heavy atom. The monoisotopic (exact) mass is 179 g/mol. The summed E-state index contributed by atoms with van der Waals surface area (Å²) in [5.74, 6) is 0. The van der Waals surface area contributed by atoms with Crippen molar-refractivity contribution in [3.63, 3.8) is 0 Å². The van der Waals surface area contributed by atoms with Crippen molar-refractivity contribution in [3.8, 4) is 0 Å². The summed E-state index contributed by atoms with van der Waals surface area (Å²) in [6.45, 7) is 0. The van der Waals surface area contributed by atoms with Gasteiger partial charge in [-0.05, 0) is 25.7 Å². The summed E-state index contributed by atoms with van der Waals surface area (Å²) in [7, 11) is 0. The van der Waals surface area contributed by atoms with Crippen LogP contribution in [0.5, 0.6) is 0 Å². The fraction of sp³-hybridized carbons (Fsp3) is 0.556. The number of aromatic nitrogens is 2. The van der Waals surface area contributed by atoms with Gasteiger partial charge < -0.3 is 10.7 Å². The molecule has 0 saturated carbocycles. The molecule has 3 N–H and O–H groups in total. The minimum atomic E-state index is -0.000833. The second kappa shape index (κ2) is 3.30. The summed E-state index contributed by atoms with van der Waals surface area (Å²) in [6.07, 6.45) is 4.89. The van der Waals surface area contributed by atoms with E-state index in [1.54, 1.807) is 0 Å². The van der Waals surface area contributed by atoms with Crippen LogP contribution in [0.3, 0.4) is 0 Å². The lowest BCUT2D eigenvalue weighted by atomic mass is 10.1. The normalized spacial score (nSPS) is 22.1. The average molecular weight is 179 g/mol. The Bertz CT molecular complexity index is 358. The molecular formula is C9H13N3O. The lowest BCUT2D eigenvalue weighted by Crippen LogP contribution is -2.20. The highest BCUT2D eigenvalue weighted by Gasteiger charge is 2.15. The quantitative estimate of drug-likeness (QED) is 0.550. The molecule has 0 spiro atoms. The van der Waals surface area contributed by atoms with Crippen LogP contribution in [0.1, 0.15) is 24.1 Å². The van der Waals surface area contributed by atoms with Gasteiger partial charge >= 0.3 is 0 Å². The van der Waals surface area contributed by atoms with Gasteiger partial charge in [0.2, 0.25) is 0 Å². The van der Waals surface area contributed by atoms with Gasteiger partial charge in [-0.25, -0.2) is 4.98 Å². The van der Waals surface area contributed by atoms with Crippen molar-refractivity contribution in [1.82, 2.24) is 9.97 Å². The summed E-state index contributed by atoms with van der Waals surface area (Å²) >= 11 is 0. The fourth-order valence-electron chi connectivity index (χ4n) is 1.73. The minimum Gasteiger partial charge on any atom is -0.328 e. The highest BCUT2D eigenvalue weighted by atomic mass is 16.1. The van der Waals surface area contributed by atoms with E-state index in [0.29, 0.717) is 0 Å². The van der Waals surface area contributed by atoms with Crippen LogP contribution in [0.4, 0.5) is 0 Å². The zero-order valence-electron chi connectivity index (χ0n) is 7.42. The molecule has 1 aromatic heterocycles. The molecule has 1 aromatic rings. The van der Waals surface area contributed by atoms with Gasteiger partial charge in [-0.2, -0.15) is 0 Å². The number of rotatable bonds is 0. The standard InChI is InChI=1S/C9H13N3O/c10-6-1-3-7-8(4-2-6)11-5-12-9(7)13/h5-6H,1-4,10H2,(H,11,12,13). The maximum Gasteiger partial charge on any atom is 0.254 e. The van der Waals surface area contributed by atoms with E-state index in [0.717, 1.165) is 36.9 Å². The molecule has 70 valence electrons. The largest absolute Gasteiger partial charge is 0.328 e. The molecule has 1 heterocycles. The fourth-order valence-corrected chi connectivity index (χ4v) is 1.73. The second-order valence-electron chi connectivity index (χ2n) is 3.49. The van der Waals surface area contributed by atoms with Crippen LogP contribution >= 0.6 is 0 Å². The summed E-state index contributed by atoms with van der Waals surface area (Å²) in [5.41, 5.74) is 7.58. The molecule has 1 unspecified atom stereocenters. The third-order valence-corrected chi connectivity index (χ3v) is 2.56. The second-order valence-corrected chi connectivity index (χ2v) is 3.49. The number of aryl methyl sites for hydroxylation is 1. The Morgan fingerprint density at radius 2 is 2.23 bits per heavy atom. The number of aromatic amines is 1. The van der Waals surface area contributed by atoms with Gasteiger partial charge in [0.1, 0.15) is 0 Å². The Kier molecular flexibility index (Phi) is 2.14. The molecule has 0 saturated heterocycles. The van der Waals surface area contributed by atoms with Gasteiger partial charge in [-0.15, -0.1) is 0 Å². The molecule has 1 aliphatic rings. The van der Waals surface area contributed by atoms with Crippen molar-refractivity contribution in [1.29, 1.82) is 0 Å². The first-order valence-electron chi connectivity index (χ1n) is 4.58. The number of nitrogens with one attached hydrogen (secondary N) is 1. The molecule has 0 radical (unpaired) electrons. The van der Waals surface area contributed by atoms with Gasteiger partial charge in [0.05, 0.1) is 12.0 Å². The van der Waals surface area contributed by atoms with E-state index in [-0.39, 0.29) is 11.6 Å². The van der Waals surface area contributed by atoms with E-state index in [2.05, 4.69) is 9.97 Å². The van der Waals surface area contributed by atoms with Crippen molar-refractivity contribution in [2.24, 2.45) is 5.73 Å². The predicted octanol–water partition coefficient (Wildman–Crippen LogP) is -0.0240. The van der Waals surface area contributed by atoms with E-state index in [1.807, 2.05) is 0 Å². The lowest BCUT2D eigenvalue weighted by molar-refractivity contribution is 0.588. The molecule has 4 heteroatoms. The number of fused-ring (bicyclic) bond motifs is 1. The maximum atomic E-state index is 11.4. The predicted molar refractivity (Wildman–Crippen MR) is 49.5 cm³/mol. The topological polar surface area (TPSA) is 71.8 Å². The summed E-state index contributed by atoms with van der Waals surface area (Å²) < 4.78 is 0. The zero-order chi connectivity index (χ0) is 9.26. The molecule has 0 bridgehead atoms. The molecule has 1 atom stereocenters. The van der Waals surface area contributed by atoms with Crippen molar-refractivity contribution in [2.75, 3.05) is 0 Å². The first-order chi connectivity index (χ1) is 6.27. The first kappa shape index (κ1) is 8.44. The highest BCUT2D eigenvalue weighted by molar-refractivity contribution is 5.18. The Morgan fingerprint density at radius 1 is 1.46 bits per heavy atom. The molecule has 0 fully saturated rings. The number of hydrogen-bond donors (Lipinski definition) is 2. The van der Waals surface area contributed by atoms with Crippen LogP contribution < -0.4 is 11.3 Å². The average Bonchev–Trinajstić information content (AvgIpc) is 2.30. The minimum absolute atomic E-state index is 0.000833. The van der Waals surface area contributed by atoms with Gasteiger partial charge in [0.25, 0.3) is 5.56 Å². The van der Waals surface area contributed by atoms with Crippen LogP contribution in [-0.4, -0.2) is 16.0 Å². The van der Waals surface area contributed by atoms with Crippen molar-refractivity contribution < 1.29 is 0 Å². The van der Waals surface area contributed by atoms with E-state index in [4.69, 9.17) is 5.73 Å². The van der Waals surface area contributed by atoms with Gasteiger partial charge in [-0.3, -0.25) is 4.79 Å². The van der Waals surface area contributed by atoms with Crippen LogP contribution in [-0.2, 0) is 12.8 Å². The van der Waals surface area contributed by atoms with E-state index >= 15 is 0 Å². The maximum absolute atomic E-state index is 11.4. The molecule has 0 aliphatic heterocycles. The molecule has 1 aliphatic carbocycles. The van der Waals surface area contributed by atoms with Crippen LogP contribution in [0, 0.1) is 0 Å². The number of nitrogens with zero attached hydrogens (tertiary/aromatic N) is 1. The summed E-state index contributed by atoms with van der Waals surface area (Å²) in [6, 6.07) is 0.216. The Hall–Kier alpha value is -1.16. The first-order valence-corrected chi connectivity index (χ1v) is 4.58. The van der Waals surface area contributed by atoms with Crippen LogP contribution in [0.2, 0.25) is 0 Å². The molecule has 2 rings (SSSR count). The van der Waals surface area contributed by atoms with Gasteiger partial charge in [-0.1, -0.05) is 0 Å². The van der Waals surface area contributed by atoms with E-state index in [9.17, 15) is 4.79 Å². The van der Waals surface area contributed by atoms with Gasteiger partial charge in [0, 0.05) is 11.6 Å². The number of nitrogens with two attached hydrogens (primary N) is 1. The molecule has 0 aromatic carbocycles. The molecule has 0 amide bonds. The van der Waals surface area contributed by atoms with Crippen LogP contribution in [0.15, 0.2) is 11.1 Å². The third kappa shape index (κ3) is 1.62. The molecule has 13 heavy (non-hydrogen) atoms. The number of hydrogen-bond acceptors (Lipinski definition) is 3. The van der Waals surface area contributed by atoms with Crippen LogP contribution in [0.25, 0.3) is 0 Å². The Labute approximate surface area is 76.2 Å².